The molecule has 2 heterocycles. The molecule has 0 amide bonds. The predicted octanol–water partition coefficient (Wildman–Crippen LogP) is 4.12. The van der Waals surface area contributed by atoms with Gasteiger partial charge in [-0.1, -0.05) is 22.0 Å². The van der Waals surface area contributed by atoms with Crippen LogP contribution in [0.5, 0.6) is 5.75 Å². The number of aromatic nitrogens is 1. The third-order valence-electron chi connectivity index (χ3n) is 3.16. The minimum atomic E-state index is -0.583. The number of rotatable bonds is 1. The Labute approximate surface area is 126 Å². The molecule has 1 aliphatic rings. The number of ether oxygens (including phenoxy) is 1. The van der Waals surface area contributed by atoms with Gasteiger partial charge in [0.15, 0.2) is 5.72 Å². The molecule has 102 valence electrons. The maximum atomic E-state index is 5.97. The summed E-state index contributed by atoms with van der Waals surface area (Å²) in [5.74, 6) is 0.853. The summed E-state index contributed by atoms with van der Waals surface area (Å²) in [6.45, 7) is 5.96. The van der Waals surface area contributed by atoms with Crippen molar-refractivity contribution in [2.75, 3.05) is 0 Å². The zero-order valence-electron chi connectivity index (χ0n) is 11.6. The van der Waals surface area contributed by atoms with Crippen LogP contribution in [0.15, 0.2) is 46.0 Å². The predicted molar refractivity (Wildman–Crippen MR) is 83.5 cm³/mol. The van der Waals surface area contributed by atoms with Crippen molar-refractivity contribution in [3.63, 3.8) is 0 Å². The molecule has 0 unspecified atom stereocenters. The average molecular weight is 331 g/mol. The Morgan fingerprint density at radius 1 is 1.20 bits per heavy atom. The van der Waals surface area contributed by atoms with Crippen LogP contribution in [-0.4, -0.2) is 16.4 Å². The van der Waals surface area contributed by atoms with Gasteiger partial charge in [0.05, 0.1) is 11.4 Å². The van der Waals surface area contributed by atoms with Gasteiger partial charge in [-0.05, 0) is 50.6 Å². The highest BCUT2D eigenvalue weighted by molar-refractivity contribution is 9.10. The lowest BCUT2D eigenvalue weighted by Gasteiger charge is -2.30. The van der Waals surface area contributed by atoms with Gasteiger partial charge < -0.3 is 4.74 Å². The van der Waals surface area contributed by atoms with Gasteiger partial charge >= 0.3 is 0 Å². The minimum Gasteiger partial charge on any atom is -0.466 e. The van der Waals surface area contributed by atoms with E-state index < -0.39 is 5.72 Å². The number of fused-ring (bicyclic) bond motifs is 1. The van der Waals surface area contributed by atoms with E-state index in [0.29, 0.717) is 0 Å². The van der Waals surface area contributed by atoms with Gasteiger partial charge in [0, 0.05) is 16.2 Å². The highest BCUT2D eigenvalue weighted by Crippen LogP contribution is 2.35. The summed E-state index contributed by atoms with van der Waals surface area (Å²) in [6.07, 6.45) is 1.78. The second-order valence-corrected chi connectivity index (χ2v) is 6.18. The smallest absolute Gasteiger partial charge is 0.195 e. The quantitative estimate of drug-likeness (QED) is 0.788. The first-order chi connectivity index (χ1) is 9.46. The first kappa shape index (κ1) is 13.3. The number of benzene rings is 1. The molecule has 4 heteroatoms. The molecule has 0 bridgehead atoms. The number of aliphatic imine (C=N–C) groups is 1. The molecule has 20 heavy (non-hydrogen) atoms. The maximum absolute atomic E-state index is 5.97. The molecule has 0 saturated carbocycles. The third-order valence-corrected chi connectivity index (χ3v) is 4.02. The van der Waals surface area contributed by atoms with Crippen LogP contribution in [0, 0.1) is 6.92 Å². The lowest BCUT2D eigenvalue weighted by atomic mass is 10.0. The number of aryl methyl sites for hydroxylation is 1. The van der Waals surface area contributed by atoms with Crippen molar-refractivity contribution in [1.82, 2.24) is 4.98 Å². The summed E-state index contributed by atoms with van der Waals surface area (Å²) >= 11 is 3.57. The monoisotopic (exact) mass is 330 g/mol. The Balaban J connectivity index is 2.23. The van der Waals surface area contributed by atoms with E-state index in [9.17, 15) is 0 Å². The minimum absolute atomic E-state index is 0.583. The average Bonchev–Trinajstić information content (AvgIpc) is 2.40. The van der Waals surface area contributed by atoms with Gasteiger partial charge in [0.1, 0.15) is 5.75 Å². The normalized spacial score (nSPS) is 16.1. The number of hydrogen-bond acceptors (Lipinski definition) is 3. The van der Waals surface area contributed by atoms with Crippen LogP contribution in [0.1, 0.15) is 30.7 Å². The standard InChI is InChI=1S/C16H15BrN2O/c1-10-8-14-11(9-12(10)17)15(19-16(2,3)20-14)13-6-4-5-7-18-13/h4-9H,1-3H3. The molecule has 3 nitrogen and oxygen atoms in total. The highest BCUT2D eigenvalue weighted by Gasteiger charge is 2.29. The topological polar surface area (TPSA) is 34.5 Å². The summed E-state index contributed by atoms with van der Waals surface area (Å²) in [7, 11) is 0. The molecular weight excluding hydrogens is 316 g/mol. The van der Waals surface area contributed by atoms with E-state index in [2.05, 4.69) is 20.9 Å². The molecule has 0 saturated heterocycles. The summed E-state index contributed by atoms with van der Waals surface area (Å²) in [4.78, 5) is 9.12. The maximum Gasteiger partial charge on any atom is 0.195 e. The number of nitrogens with zero attached hydrogens (tertiary/aromatic N) is 2. The molecule has 0 fully saturated rings. The van der Waals surface area contributed by atoms with Crippen LogP contribution >= 0.6 is 15.9 Å². The third kappa shape index (κ3) is 2.36. The van der Waals surface area contributed by atoms with E-state index in [1.807, 2.05) is 51.1 Å². The molecule has 1 aromatic carbocycles. The van der Waals surface area contributed by atoms with E-state index in [4.69, 9.17) is 9.73 Å². The second-order valence-electron chi connectivity index (χ2n) is 5.32. The lowest BCUT2D eigenvalue weighted by Crippen LogP contribution is -2.32. The van der Waals surface area contributed by atoms with Crippen LogP contribution in [0.3, 0.4) is 0 Å². The van der Waals surface area contributed by atoms with Crippen molar-refractivity contribution in [3.05, 3.63) is 57.8 Å². The van der Waals surface area contributed by atoms with Crippen molar-refractivity contribution in [3.8, 4) is 5.75 Å². The highest BCUT2D eigenvalue weighted by atomic mass is 79.9. The molecule has 0 atom stereocenters. The summed E-state index contributed by atoms with van der Waals surface area (Å²) in [5.41, 5.74) is 3.26. The first-order valence-corrected chi connectivity index (χ1v) is 7.26. The van der Waals surface area contributed by atoms with Crippen LogP contribution < -0.4 is 4.74 Å². The number of halogens is 1. The Kier molecular flexibility index (Phi) is 3.13. The fourth-order valence-electron chi connectivity index (χ4n) is 2.24. The van der Waals surface area contributed by atoms with E-state index in [1.165, 1.54) is 0 Å². The van der Waals surface area contributed by atoms with Gasteiger partial charge in [-0.2, -0.15) is 0 Å². The molecule has 0 spiro atoms. The van der Waals surface area contributed by atoms with Crippen LogP contribution in [-0.2, 0) is 0 Å². The van der Waals surface area contributed by atoms with Crippen LogP contribution in [0.2, 0.25) is 0 Å². The molecule has 1 aliphatic heterocycles. The van der Waals surface area contributed by atoms with Crippen molar-refractivity contribution in [2.45, 2.75) is 26.5 Å². The van der Waals surface area contributed by atoms with Crippen molar-refractivity contribution in [1.29, 1.82) is 0 Å². The largest absolute Gasteiger partial charge is 0.466 e. The summed E-state index contributed by atoms with van der Waals surface area (Å²) in [5, 5.41) is 0. The molecule has 2 aromatic rings. The Morgan fingerprint density at radius 2 is 2.00 bits per heavy atom. The summed E-state index contributed by atoms with van der Waals surface area (Å²) in [6, 6.07) is 9.93. The second kappa shape index (κ2) is 4.70. The van der Waals surface area contributed by atoms with E-state index in [1.54, 1.807) is 6.20 Å². The van der Waals surface area contributed by atoms with Crippen LogP contribution in [0.25, 0.3) is 0 Å². The lowest BCUT2D eigenvalue weighted by molar-refractivity contribution is 0.115. The van der Waals surface area contributed by atoms with Gasteiger partial charge in [-0.25, -0.2) is 4.99 Å². The number of hydrogen-bond donors (Lipinski definition) is 0. The van der Waals surface area contributed by atoms with Crippen molar-refractivity contribution < 1.29 is 4.74 Å². The Bertz CT molecular complexity index is 693. The molecule has 3 rings (SSSR count). The van der Waals surface area contributed by atoms with Crippen molar-refractivity contribution in [2.24, 2.45) is 4.99 Å². The van der Waals surface area contributed by atoms with E-state index in [0.717, 1.165) is 32.8 Å². The zero-order valence-corrected chi connectivity index (χ0v) is 13.2. The molecule has 0 aliphatic carbocycles. The molecular formula is C16H15BrN2O. The van der Waals surface area contributed by atoms with Gasteiger partial charge in [-0.15, -0.1) is 0 Å². The Hall–Kier alpha value is -1.68. The van der Waals surface area contributed by atoms with Gasteiger partial charge in [-0.3, -0.25) is 4.98 Å². The summed E-state index contributed by atoms with van der Waals surface area (Å²) < 4.78 is 7.02. The fraction of sp³-hybridized carbons (Fsp3) is 0.250. The number of pyridine rings is 1. The molecule has 0 N–H and O–H groups in total. The zero-order chi connectivity index (χ0) is 14.3. The van der Waals surface area contributed by atoms with Gasteiger partial charge in [0.2, 0.25) is 0 Å². The van der Waals surface area contributed by atoms with Crippen molar-refractivity contribution >= 4 is 21.6 Å². The first-order valence-electron chi connectivity index (χ1n) is 6.47. The van der Waals surface area contributed by atoms with E-state index >= 15 is 0 Å². The fourth-order valence-corrected chi connectivity index (χ4v) is 2.59. The Morgan fingerprint density at radius 3 is 2.70 bits per heavy atom. The SMILES string of the molecule is Cc1cc2c(cc1Br)C(c1ccccn1)=NC(C)(C)O2. The van der Waals surface area contributed by atoms with E-state index in [-0.39, 0.29) is 0 Å². The molecule has 0 radical (unpaired) electrons. The van der Waals surface area contributed by atoms with Crippen LogP contribution in [0.4, 0.5) is 0 Å². The van der Waals surface area contributed by atoms with Gasteiger partial charge in [0.25, 0.3) is 0 Å². The molecule has 1 aromatic heterocycles.